The summed E-state index contributed by atoms with van der Waals surface area (Å²) in [5.41, 5.74) is 0.829. The fourth-order valence-electron chi connectivity index (χ4n) is 4.17. The van der Waals surface area contributed by atoms with Crippen LogP contribution in [-0.4, -0.2) is 49.3 Å². The van der Waals surface area contributed by atoms with E-state index in [0.717, 1.165) is 6.61 Å². The first kappa shape index (κ1) is 16.3. The van der Waals surface area contributed by atoms with Gasteiger partial charge in [-0.3, -0.25) is 4.90 Å². The van der Waals surface area contributed by atoms with Crippen LogP contribution in [0.25, 0.3) is 0 Å². The van der Waals surface area contributed by atoms with Crippen molar-refractivity contribution in [3.05, 3.63) is 0 Å². The summed E-state index contributed by atoms with van der Waals surface area (Å²) in [5.74, 6) is 0. The molecule has 1 heterocycles. The van der Waals surface area contributed by atoms with Gasteiger partial charge in [-0.1, -0.05) is 26.7 Å². The highest BCUT2D eigenvalue weighted by Crippen LogP contribution is 2.39. The lowest BCUT2D eigenvalue weighted by molar-refractivity contribution is 0.00218. The normalized spacial score (nSPS) is 25.4. The van der Waals surface area contributed by atoms with Gasteiger partial charge in [-0.05, 0) is 45.1 Å². The highest BCUT2D eigenvalue weighted by atomic mass is 16.5. The zero-order valence-corrected chi connectivity index (χ0v) is 13.8. The smallest absolute Gasteiger partial charge is 0.0462 e. The Labute approximate surface area is 125 Å². The Hall–Kier alpha value is -0.120. The van der Waals surface area contributed by atoms with Crippen LogP contribution in [0.5, 0.6) is 0 Å². The van der Waals surface area contributed by atoms with Crippen molar-refractivity contribution >= 4 is 0 Å². The third kappa shape index (κ3) is 3.37. The van der Waals surface area contributed by atoms with Gasteiger partial charge in [0.05, 0.1) is 0 Å². The highest BCUT2D eigenvalue weighted by molar-refractivity contribution is 5.06. The largest absolute Gasteiger partial charge is 0.385 e. The number of hydrogen-bond donors (Lipinski definition) is 1. The number of nitrogens with one attached hydrogen (secondary N) is 1. The summed E-state index contributed by atoms with van der Waals surface area (Å²) in [4.78, 5) is 2.85. The molecule has 1 spiro atoms. The van der Waals surface area contributed by atoms with Gasteiger partial charge in [-0.15, -0.1) is 0 Å². The zero-order chi connectivity index (χ0) is 14.5. The lowest BCUT2D eigenvalue weighted by Crippen LogP contribution is -2.69. The maximum absolute atomic E-state index is 5.20. The van der Waals surface area contributed by atoms with E-state index in [0.29, 0.717) is 11.1 Å². The molecule has 1 saturated heterocycles. The maximum Gasteiger partial charge on any atom is 0.0462 e. The average Bonchev–Trinajstić information content (AvgIpc) is 2.95. The number of nitrogens with zero attached hydrogens (tertiary/aromatic N) is 1. The van der Waals surface area contributed by atoms with Crippen LogP contribution < -0.4 is 5.32 Å². The summed E-state index contributed by atoms with van der Waals surface area (Å²) in [6.07, 6.45) is 10.6. The van der Waals surface area contributed by atoms with E-state index in [1.165, 1.54) is 71.0 Å². The van der Waals surface area contributed by atoms with Gasteiger partial charge in [0.15, 0.2) is 0 Å². The molecule has 0 atom stereocenters. The Morgan fingerprint density at radius 3 is 2.40 bits per heavy atom. The van der Waals surface area contributed by atoms with Gasteiger partial charge in [0.1, 0.15) is 0 Å². The molecule has 20 heavy (non-hydrogen) atoms. The monoisotopic (exact) mass is 282 g/mol. The second-order valence-corrected chi connectivity index (χ2v) is 6.89. The van der Waals surface area contributed by atoms with Gasteiger partial charge in [0, 0.05) is 37.9 Å². The van der Waals surface area contributed by atoms with E-state index in [1.807, 2.05) is 7.11 Å². The SMILES string of the molecule is CCC1(CC)CN(CCCCOC)C2(CCCC2)CN1. The predicted molar refractivity (Wildman–Crippen MR) is 85.2 cm³/mol. The Morgan fingerprint density at radius 2 is 1.80 bits per heavy atom. The molecule has 0 bridgehead atoms. The number of methoxy groups -OCH3 is 1. The topological polar surface area (TPSA) is 24.5 Å². The van der Waals surface area contributed by atoms with Gasteiger partial charge < -0.3 is 10.1 Å². The molecule has 0 aromatic rings. The second-order valence-electron chi connectivity index (χ2n) is 6.89. The predicted octanol–water partition coefficient (Wildman–Crippen LogP) is 3.19. The number of ether oxygens (including phenoxy) is 1. The van der Waals surface area contributed by atoms with E-state index in [-0.39, 0.29) is 0 Å². The molecule has 1 N–H and O–H groups in total. The molecule has 2 rings (SSSR count). The Morgan fingerprint density at radius 1 is 1.10 bits per heavy atom. The number of rotatable bonds is 7. The summed E-state index contributed by atoms with van der Waals surface area (Å²) >= 11 is 0. The first-order valence-electron chi connectivity index (χ1n) is 8.69. The molecule has 1 aliphatic heterocycles. The fourth-order valence-corrected chi connectivity index (χ4v) is 4.17. The first-order valence-corrected chi connectivity index (χ1v) is 8.69. The molecule has 0 aromatic carbocycles. The summed E-state index contributed by atoms with van der Waals surface area (Å²) in [5, 5.41) is 3.93. The number of unbranched alkanes of at least 4 members (excludes halogenated alkanes) is 1. The van der Waals surface area contributed by atoms with E-state index in [1.54, 1.807) is 0 Å². The van der Waals surface area contributed by atoms with Crippen LogP contribution in [0.3, 0.4) is 0 Å². The Balaban J connectivity index is 1.99. The lowest BCUT2D eigenvalue weighted by Gasteiger charge is -2.53. The van der Waals surface area contributed by atoms with Gasteiger partial charge in [0.2, 0.25) is 0 Å². The lowest BCUT2D eigenvalue weighted by atomic mass is 9.82. The van der Waals surface area contributed by atoms with Crippen LogP contribution in [0.1, 0.15) is 65.2 Å². The molecular formula is C17H34N2O. The second kappa shape index (κ2) is 7.24. The highest BCUT2D eigenvalue weighted by Gasteiger charge is 2.46. The van der Waals surface area contributed by atoms with Crippen molar-refractivity contribution in [2.75, 3.05) is 33.4 Å². The minimum atomic E-state index is 0.356. The van der Waals surface area contributed by atoms with Crippen LogP contribution in [0.15, 0.2) is 0 Å². The van der Waals surface area contributed by atoms with E-state index < -0.39 is 0 Å². The van der Waals surface area contributed by atoms with Gasteiger partial charge in [0.25, 0.3) is 0 Å². The quantitative estimate of drug-likeness (QED) is 0.726. The van der Waals surface area contributed by atoms with E-state index >= 15 is 0 Å². The van der Waals surface area contributed by atoms with Crippen LogP contribution >= 0.6 is 0 Å². The molecular weight excluding hydrogens is 248 g/mol. The van der Waals surface area contributed by atoms with E-state index in [4.69, 9.17) is 4.74 Å². The molecule has 3 heteroatoms. The van der Waals surface area contributed by atoms with Crippen molar-refractivity contribution in [1.82, 2.24) is 10.2 Å². The van der Waals surface area contributed by atoms with Crippen LogP contribution in [-0.2, 0) is 4.74 Å². The Bertz CT molecular complexity index is 283. The van der Waals surface area contributed by atoms with Crippen LogP contribution in [0.2, 0.25) is 0 Å². The standard InChI is InChI=1S/C17H34N2O/c1-4-16(5-2)15-19(12-8-9-13-20-3)17(14-18-16)10-6-7-11-17/h18H,4-15H2,1-3H3. The van der Waals surface area contributed by atoms with Gasteiger partial charge in [-0.2, -0.15) is 0 Å². The van der Waals surface area contributed by atoms with E-state index in [9.17, 15) is 0 Å². The van der Waals surface area contributed by atoms with Crippen molar-refractivity contribution in [3.63, 3.8) is 0 Å². The molecule has 1 saturated carbocycles. The molecule has 3 nitrogen and oxygen atoms in total. The molecule has 0 radical (unpaired) electrons. The molecule has 1 aliphatic carbocycles. The van der Waals surface area contributed by atoms with Crippen molar-refractivity contribution in [2.45, 2.75) is 76.3 Å². The maximum atomic E-state index is 5.20. The summed E-state index contributed by atoms with van der Waals surface area (Å²) in [6.45, 7) is 9.29. The third-order valence-electron chi connectivity index (χ3n) is 5.87. The summed E-state index contributed by atoms with van der Waals surface area (Å²) < 4.78 is 5.20. The first-order chi connectivity index (χ1) is 9.70. The van der Waals surface area contributed by atoms with Crippen LogP contribution in [0.4, 0.5) is 0 Å². The minimum Gasteiger partial charge on any atom is -0.385 e. The Kier molecular flexibility index (Phi) is 5.88. The molecule has 0 aromatic heterocycles. The number of piperazine rings is 1. The van der Waals surface area contributed by atoms with Crippen LogP contribution in [0, 0.1) is 0 Å². The summed E-state index contributed by atoms with van der Waals surface area (Å²) in [7, 11) is 1.81. The number of hydrogen-bond acceptors (Lipinski definition) is 3. The third-order valence-corrected chi connectivity index (χ3v) is 5.87. The van der Waals surface area contributed by atoms with Crippen molar-refractivity contribution in [2.24, 2.45) is 0 Å². The molecule has 118 valence electrons. The molecule has 0 amide bonds. The zero-order valence-electron chi connectivity index (χ0n) is 13.8. The average molecular weight is 282 g/mol. The summed E-state index contributed by atoms with van der Waals surface area (Å²) in [6, 6.07) is 0. The minimum absolute atomic E-state index is 0.356. The van der Waals surface area contributed by atoms with Gasteiger partial charge >= 0.3 is 0 Å². The van der Waals surface area contributed by atoms with Crippen molar-refractivity contribution in [1.29, 1.82) is 0 Å². The molecule has 2 aliphatic rings. The van der Waals surface area contributed by atoms with Gasteiger partial charge in [-0.25, -0.2) is 0 Å². The molecule has 0 unspecified atom stereocenters. The van der Waals surface area contributed by atoms with Crippen molar-refractivity contribution in [3.8, 4) is 0 Å². The fraction of sp³-hybridized carbons (Fsp3) is 1.00. The molecule has 2 fully saturated rings. The van der Waals surface area contributed by atoms with E-state index in [2.05, 4.69) is 24.1 Å². The van der Waals surface area contributed by atoms with Crippen molar-refractivity contribution < 1.29 is 4.74 Å².